The Morgan fingerprint density at radius 3 is 2.43 bits per heavy atom. The van der Waals surface area contributed by atoms with Crippen molar-refractivity contribution in [2.24, 2.45) is 5.73 Å². The number of carbonyl (C=O) groups excluding carboxylic acids is 2. The molecule has 7 heteroatoms. The summed E-state index contributed by atoms with van der Waals surface area (Å²) in [6.07, 6.45) is 0. The summed E-state index contributed by atoms with van der Waals surface area (Å²) in [7, 11) is 0. The fourth-order valence-corrected chi connectivity index (χ4v) is 1.88. The highest BCUT2D eigenvalue weighted by Gasteiger charge is 2.12. The van der Waals surface area contributed by atoms with E-state index in [-0.39, 0.29) is 18.0 Å². The third kappa shape index (κ3) is 4.10. The van der Waals surface area contributed by atoms with Gasteiger partial charge in [0.1, 0.15) is 0 Å². The molecule has 0 bridgehead atoms. The molecule has 120 valence electrons. The predicted octanol–water partition coefficient (Wildman–Crippen LogP) is 2.42. The molecule has 0 heterocycles. The lowest BCUT2D eigenvalue weighted by molar-refractivity contribution is -0.114. The molecule has 0 aliphatic carbocycles. The Morgan fingerprint density at radius 1 is 1.04 bits per heavy atom. The van der Waals surface area contributed by atoms with Crippen LogP contribution in [0, 0.1) is 18.6 Å². The summed E-state index contributed by atoms with van der Waals surface area (Å²) in [4.78, 5) is 23.4. The Hall–Kier alpha value is -2.80. The van der Waals surface area contributed by atoms with Gasteiger partial charge in [-0.05, 0) is 42.8 Å². The van der Waals surface area contributed by atoms with E-state index >= 15 is 0 Å². The maximum atomic E-state index is 13.2. The lowest BCUT2D eigenvalue weighted by Crippen LogP contribution is -2.22. The van der Waals surface area contributed by atoms with E-state index in [1.165, 1.54) is 6.07 Å². The number of nitrogens with one attached hydrogen (secondary N) is 2. The average molecular weight is 319 g/mol. The first-order valence-corrected chi connectivity index (χ1v) is 6.77. The van der Waals surface area contributed by atoms with Gasteiger partial charge in [0.25, 0.3) is 5.91 Å². The third-order valence-electron chi connectivity index (χ3n) is 3.14. The monoisotopic (exact) mass is 319 g/mol. The molecule has 23 heavy (non-hydrogen) atoms. The quantitative estimate of drug-likeness (QED) is 0.809. The van der Waals surface area contributed by atoms with Gasteiger partial charge in [-0.15, -0.1) is 0 Å². The minimum absolute atomic E-state index is 0.0142. The minimum atomic E-state index is -1.10. The van der Waals surface area contributed by atoms with Gasteiger partial charge in [-0.1, -0.05) is 6.07 Å². The molecule has 4 N–H and O–H groups in total. The Bertz CT molecular complexity index is 763. The molecular weight excluding hydrogens is 304 g/mol. The van der Waals surface area contributed by atoms with Crippen LogP contribution >= 0.6 is 0 Å². The summed E-state index contributed by atoms with van der Waals surface area (Å²) in [5.74, 6) is -3.08. The van der Waals surface area contributed by atoms with E-state index in [9.17, 15) is 18.4 Å². The standard InChI is InChI=1S/C16H15F2N3O2/c1-9-2-4-11(20-15(22)8-19)7-14(9)21-16(23)10-3-5-12(17)13(18)6-10/h2-7H,8,19H2,1H3,(H,20,22)(H,21,23). The van der Waals surface area contributed by atoms with E-state index in [0.29, 0.717) is 11.4 Å². The highest BCUT2D eigenvalue weighted by Crippen LogP contribution is 2.21. The van der Waals surface area contributed by atoms with Crippen molar-refractivity contribution in [3.8, 4) is 0 Å². The molecule has 0 radical (unpaired) electrons. The average Bonchev–Trinajstić information content (AvgIpc) is 2.53. The van der Waals surface area contributed by atoms with Crippen LogP contribution in [-0.4, -0.2) is 18.4 Å². The zero-order valence-corrected chi connectivity index (χ0v) is 12.3. The Morgan fingerprint density at radius 2 is 1.78 bits per heavy atom. The summed E-state index contributed by atoms with van der Waals surface area (Å²) in [5.41, 5.74) is 6.86. The van der Waals surface area contributed by atoms with Crippen molar-refractivity contribution in [3.63, 3.8) is 0 Å². The molecular formula is C16H15F2N3O2. The third-order valence-corrected chi connectivity index (χ3v) is 3.14. The van der Waals surface area contributed by atoms with E-state index < -0.39 is 17.5 Å². The fourth-order valence-electron chi connectivity index (χ4n) is 1.88. The van der Waals surface area contributed by atoms with Crippen LogP contribution in [0.15, 0.2) is 36.4 Å². The molecule has 2 rings (SSSR count). The molecule has 0 atom stereocenters. The van der Waals surface area contributed by atoms with Crippen molar-refractivity contribution in [2.45, 2.75) is 6.92 Å². The van der Waals surface area contributed by atoms with Crippen LogP contribution in [0.3, 0.4) is 0 Å². The molecule has 0 saturated heterocycles. The van der Waals surface area contributed by atoms with Crippen molar-refractivity contribution in [2.75, 3.05) is 17.2 Å². The maximum absolute atomic E-state index is 13.2. The summed E-state index contributed by atoms with van der Waals surface area (Å²) < 4.78 is 26.1. The lowest BCUT2D eigenvalue weighted by atomic mass is 10.1. The predicted molar refractivity (Wildman–Crippen MR) is 83.2 cm³/mol. The zero-order valence-electron chi connectivity index (χ0n) is 12.3. The first-order chi connectivity index (χ1) is 10.9. The van der Waals surface area contributed by atoms with E-state index in [4.69, 9.17) is 5.73 Å². The van der Waals surface area contributed by atoms with Crippen molar-refractivity contribution < 1.29 is 18.4 Å². The summed E-state index contributed by atoms with van der Waals surface area (Å²) in [6.45, 7) is 1.60. The van der Waals surface area contributed by atoms with Gasteiger partial charge in [-0.3, -0.25) is 9.59 Å². The largest absolute Gasteiger partial charge is 0.325 e. The summed E-state index contributed by atoms with van der Waals surface area (Å²) in [5, 5.41) is 5.16. The molecule has 0 unspecified atom stereocenters. The second kappa shape index (κ2) is 6.97. The van der Waals surface area contributed by atoms with Crippen LogP contribution in [0.2, 0.25) is 0 Å². The maximum Gasteiger partial charge on any atom is 0.255 e. The molecule has 0 spiro atoms. The number of aryl methyl sites for hydroxylation is 1. The molecule has 0 aromatic heterocycles. The molecule has 2 amide bonds. The number of rotatable bonds is 4. The summed E-state index contributed by atoms with van der Waals surface area (Å²) >= 11 is 0. The highest BCUT2D eigenvalue weighted by molar-refractivity contribution is 6.05. The van der Waals surface area contributed by atoms with Crippen LogP contribution in [0.1, 0.15) is 15.9 Å². The van der Waals surface area contributed by atoms with E-state index in [2.05, 4.69) is 10.6 Å². The highest BCUT2D eigenvalue weighted by atomic mass is 19.2. The number of nitrogens with two attached hydrogens (primary N) is 1. The van der Waals surface area contributed by atoms with Gasteiger partial charge in [0, 0.05) is 16.9 Å². The molecule has 0 fully saturated rings. The molecule has 0 saturated carbocycles. The number of anilines is 2. The second-order valence-corrected chi connectivity index (χ2v) is 4.87. The Kier molecular flexibility index (Phi) is 5.02. The van der Waals surface area contributed by atoms with Crippen molar-refractivity contribution in [3.05, 3.63) is 59.2 Å². The van der Waals surface area contributed by atoms with Crippen LogP contribution in [0.5, 0.6) is 0 Å². The van der Waals surface area contributed by atoms with Crippen LogP contribution < -0.4 is 16.4 Å². The van der Waals surface area contributed by atoms with Gasteiger partial charge in [0.2, 0.25) is 5.91 Å². The number of halogens is 2. The Labute approximate surface area is 131 Å². The Balaban J connectivity index is 2.21. The zero-order chi connectivity index (χ0) is 17.0. The van der Waals surface area contributed by atoms with Crippen molar-refractivity contribution in [1.29, 1.82) is 0 Å². The van der Waals surface area contributed by atoms with Crippen LogP contribution in [0.4, 0.5) is 20.2 Å². The van der Waals surface area contributed by atoms with Gasteiger partial charge in [0.15, 0.2) is 11.6 Å². The van der Waals surface area contributed by atoms with Crippen LogP contribution in [0.25, 0.3) is 0 Å². The lowest BCUT2D eigenvalue weighted by Gasteiger charge is -2.11. The molecule has 2 aromatic rings. The van der Waals surface area contributed by atoms with Gasteiger partial charge in [-0.2, -0.15) is 0 Å². The van der Waals surface area contributed by atoms with Crippen molar-refractivity contribution >= 4 is 23.2 Å². The van der Waals surface area contributed by atoms with Gasteiger partial charge in [0.05, 0.1) is 6.54 Å². The minimum Gasteiger partial charge on any atom is -0.325 e. The van der Waals surface area contributed by atoms with Gasteiger partial charge in [-0.25, -0.2) is 8.78 Å². The number of carbonyl (C=O) groups is 2. The van der Waals surface area contributed by atoms with Crippen molar-refractivity contribution in [1.82, 2.24) is 0 Å². The first-order valence-electron chi connectivity index (χ1n) is 6.77. The van der Waals surface area contributed by atoms with E-state index in [1.54, 1.807) is 25.1 Å². The number of hydrogen-bond acceptors (Lipinski definition) is 3. The summed E-state index contributed by atoms with van der Waals surface area (Å²) in [6, 6.07) is 7.81. The SMILES string of the molecule is Cc1ccc(NC(=O)CN)cc1NC(=O)c1ccc(F)c(F)c1. The molecule has 5 nitrogen and oxygen atoms in total. The van der Waals surface area contributed by atoms with E-state index in [1.807, 2.05) is 0 Å². The van der Waals surface area contributed by atoms with Gasteiger partial charge >= 0.3 is 0 Å². The number of benzene rings is 2. The second-order valence-electron chi connectivity index (χ2n) is 4.87. The smallest absolute Gasteiger partial charge is 0.255 e. The molecule has 0 aliphatic heterocycles. The normalized spacial score (nSPS) is 10.3. The topological polar surface area (TPSA) is 84.2 Å². The number of amides is 2. The fraction of sp³-hybridized carbons (Fsp3) is 0.125. The number of hydrogen-bond donors (Lipinski definition) is 3. The first kappa shape index (κ1) is 16.6. The van der Waals surface area contributed by atoms with E-state index in [0.717, 1.165) is 17.7 Å². The van der Waals surface area contributed by atoms with Gasteiger partial charge < -0.3 is 16.4 Å². The van der Waals surface area contributed by atoms with Crippen LogP contribution in [-0.2, 0) is 4.79 Å². The molecule has 2 aromatic carbocycles. The molecule has 0 aliphatic rings.